The first kappa shape index (κ1) is 12.2. The minimum Gasteiger partial charge on any atom is -0.494 e. The van der Waals surface area contributed by atoms with Crippen LogP contribution in [-0.4, -0.2) is 18.1 Å². The number of halogens is 1. The molecule has 0 aliphatic heterocycles. The van der Waals surface area contributed by atoms with Crippen LogP contribution in [0.4, 0.5) is 4.39 Å². The summed E-state index contributed by atoms with van der Waals surface area (Å²) < 4.78 is 24.0. The number of methoxy groups -OCH3 is 1. The van der Waals surface area contributed by atoms with Crippen molar-refractivity contribution in [1.82, 2.24) is 10.3 Å². The number of benzene rings is 1. The monoisotopic (exact) mass is 262 g/mol. The van der Waals surface area contributed by atoms with Gasteiger partial charge in [0.05, 0.1) is 7.11 Å². The average Bonchev–Trinajstić information content (AvgIpc) is 3.13. The second-order valence-electron chi connectivity index (χ2n) is 4.63. The Morgan fingerprint density at radius 3 is 3.00 bits per heavy atom. The molecule has 0 radical (unpaired) electrons. The van der Waals surface area contributed by atoms with Gasteiger partial charge in [0.25, 0.3) is 0 Å². The molecule has 4 nitrogen and oxygen atoms in total. The van der Waals surface area contributed by atoms with Gasteiger partial charge in [0, 0.05) is 18.2 Å². The summed E-state index contributed by atoms with van der Waals surface area (Å²) in [6.45, 7) is 0.643. The van der Waals surface area contributed by atoms with E-state index in [1.165, 1.54) is 32.4 Å². The zero-order valence-corrected chi connectivity index (χ0v) is 10.6. The maximum absolute atomic E-state index is 13.7. The molecule has 0 unspecified atom stereocenters. The summed E-state index contributed by atoms with van der Waals surface area (Å²) in [4.78, 5) is 4.18. The van der Waals surface area contributed by atoms with E-state index in [9.17, 15) is 4.39 Å². The third-order valence-electron chi connectivity index (χ3n) is 3.19. The molecule has 0 amide bonds. The quantitative estimate of drug-likeness (QED) is 0.900. The van der Waals surface area contributed by atoms with Gasteiger partial charge in [-0.15, -0.1) is 0 Å². The maximum atomic E-state index is 13.7. The lowest BCUT2D eigenvalue weighted by Crippen LogP contribution is -2.15. The Labute approximate surface area is 110 Å². The molecule has 1 aliphatic rings. The molecule has 0 atom stereocenters. The summed E-state index contributed by atoms with van der Waals surface area (Å²) in [6, 6.07) is 5.35. The molecular weight excluding hydrogens is 247 g/mol. The van der Waals surface area contributed by atoms with E-state index in [2.05, 4.69) is 10.3 Å². The molecule has 1 aromatic carbocycles. The first-order valence-electron chi connectivity index (χ1n) is 6.27. The van der Waals surface area contributed by atoms with E-state index in [1.807, 2.05) is 0 Å². The predicted octanol–water partition coefficient (Wildman–Crippen LogP) is 2.74. The highest BCUT2D eigenvalue weighted by Gasteiger charge is 2.22. The minimum absolute atomic E-state index is 0.223. The van der Waals surface area contributed by atoms with Crippen LogP contribution in [0.15, 0.2) is 29.0 Å². The van der Waals surface area contributed by atoms with Gasteiger partial charge in [-0.2, -0.15) is 0 Å². The lowest BCUT2D eigenvalue weighted by atomic mass is 10.1. The van der Waals surface area contributed by atoms with Crippen molar-refractivity contribution in [3.8, 4) is 17.1 Å². The fourth-order valence-corrected chi connectivity index (χ4v) is 1.97. The minimum atomic E-state index is -0.405. The van der Waals surface area contributed by atoms with E-state index in [4.69, 9.17) is 9.15 Å². The van der Waals surface area contributed by atoms with Crippen LogP contribution in [0, 0.1) is 5.82 Å². The second kappa shape index (κ2) is 5.01. The van der Waals surface area contributed by atoms with E-state index >= 15 is 0 Å². The van der Waals surface area contributed by atoms with E-state index < -0.39 is 5.82 Å². The average molecular weight is 262 g/mol. The largest absolute Gasteiger partial charge is 0.494 e. The summed E-state index contributed by atoms with van der Waals surface area (Å²) in [5.41, 5.74) is 1.47. The predicted molar refractivity (Wildman–Crippen MR) is 68.3 cm³/mol. The number of nitrogens with one attached hydrogen (secondary N) is 1. The topological polar surface area (TPSA) is 47.3 Å². The highest BCUT2D eigenvalue weighted by Crippen LogP contribution is 2.28. The van der Waals surface area contributed by atoms with E-state index in [-0.39, 0.29) is 5.75 Å². The van der Waals surface area contributed by atoms with Crippen LogP contribution in [0.1, 0.15) is 18.5 Å². The molecule has 100 valence electrons. The molecular formula is C14H15FN2O2. The number of ether oxygens (including phenoxy) is 1. The molecule has 1 aliphatic carbocycles. The number of nitrogens with zero attached hydrogens (tertiary/aromatic N) is 1. The smallest absolute Gasteiger partial charge is 0.181 e. The first-order valence-corrected chi connectivity index (χ1v) is 6.27. The Kier molecular flexibility index (Phi) is 3.21. The molecule has 1 heterocycles. The molecule has 1 fully saturated rings. The van der Waals surface area contributed by atoms with Gasteiger partial charge in [-0.3, -0.25) is 0 Å². The van der Waals surface area contributed by atoms with Crippen molar-refractivity contribution in [2.24, 2.45) is 0 Å². The Balaban J connectivity index is 1.84. The van der Waals surface area contributed by atoms with Crippen molar-refractivity contribution in [1.29, 1.82) is 0 Å². The molecule has 0 saturated heterocycles. The van der Waals surface area contributed by atoms with Crippen molar-refractivity contribution in [2.45, 2.75) is 25.4 Å². The van der Waals surface area contributed by atoms with E-state index in [0.29, 0.717) is 23.9 Å². The van der Waals surface area contributed by atoms with Crippen LogP contribution in [0.2, 0.25) is 0 Å². The van der Waals surface area contributed by atoms with Crippen LogP contribution in [0.25, 0.3) is 11.3 Å². The Morgan fingerprint density at radius 2 is 2.32 bits per heavy atom. The number of oxazole rings is 1. The van der Waals surface area contributed by atoms with Gasteiger partial charge >= 0.3 is 0 Å². The van der Waals surface area contributed by atoms with Crippen LogP contribution in [-0.2, 0) is 6.54 Å². The van der Waals surface area contributed by atoms with Crippen molar-refractivity contribution < 1.29 is 13.5 Å². The third-order valence-corrected chi connectivity index (χ3v) is 3.19. The lowest BCUT2D eigenvalue weighted by molar-refractivity contribution is 0.386. The van der Waals surface area contributed by atoms with E-state index in [1.54, 1.807) is 12.1 Å². The van der Waals surface area contributed by atoms with Gasteiger partial charge in [0.2, 0.25) is 0 Å². The van der Waals surface area contributed by atoms with Gasteiger partial charge in [0.1, 0.15) is 5.69 Å². The molecule has 0 spiro atoms. The summed E-state index contributed by atoms with van der Waals surface area (Å²) in [6.07, 6.45) is 3.82. The van der Waals surface area contributed by atoms with Gasteiger partial charge in [-0.1, -0.05) is 0 Å². The van der Waals surface area contributed by atoms with Crippen molar-refractivity contribution in [2.75, 3.05) is 7.11 Å². The van der Waals surface area contributed by atoms with Crippen LogP contribution >= 0.6 is 0 Å². The summed E-state index contributed by atoms with van der Waals surface area (Å²) >= 11 is 0. The van der Waals surface area contributed by atoms with Gasteiger partial charge in [-0.05, 0) is 31.0 Å². The number of hydrogen-bond acceptors (Lipinski definition) is 4. The summed E-state index contributed by atoms with van der Waals surface area (Å²) in [7, 11) is 1.44. The standard InChI is InChI=1S/C14H15FN2O2/c1-18-13-5-2-9(6-11(13)15)14-12(17-8-19-14)7-16-10-3-4-10/h2,5-6,8,10,16H,3-4,7H2,1H3. The summed E-state index contributed by atoms with van der Waals surface area (Å²) in [5, 5.41) is 3.37. The SMILES string of the molecule is COc1ccc(-c2ocnc2CNC2CC2)cc1F. The molecule has 19 heavy (non-hydrogen) atoms. The van der Waals surface area contributed by atoms with Crippen LogP contribution in [0.5, 0.6) is 5.75 Å². The lowest BCUT2D eigenvalue weighted by Gasteiger charge is -2.05. The molecule has 3 rings (SSSR count). The zero-order chi connectivity index (χ0) is 13.2. The number of rotatable bonds is 5. The summed E-state index contributed by atoms with van der Waals surface area (Å²) in [5.74, 6) is 0.424. The molecule has 1 N–H and O–H groups in total. The fourth-order valence-electron chi connectivity index (χ4n) is 1.97. The van der Waals surface area contributed by atoms with Gasteiger partial charge in [-0.25, -0.2) is 9.37 Å². The molecule has 5 heteroatoms. The number of hydrogen-bond donors (Lipinski definition) is 1. The normalized spacial score (nSPS) is 14.6. The molecule has 1 saturated carbocycles. The van der Waals surface area contributed by atoms with Crippen LogP contribution < -0.4 is 10.1 Å². The van der Waals surface area contributed by atoms with Gasteiger partial charge < -0.3 is 14.5 Å². The molecule has 0 bridgehead atoms. The van der Waals surface area contributed by atoms with Crippen molar-refractivity contribution >= 4 is 0 Å². The Hall–Kier alpha value is -1.88. The Bertz CT molecular complexity index is 579. The second-order valence-corrected chi connectivity index (χ2v) is 4.63. The highest BCUT2D eigenvalue weighted by atomic mass is 19.1. The number of aromatic nitrogens is 1. The highest BCUT2D eigenvalue weighted by molar-refractivity contribution is 5.61. The van der Waals surface area contributed by atoms with E-state index in [0.717, 1.165) is 5.69 Å². The zero-order valence-electron chi connectivity index (χ0n) is 10.6. The molecule has 1 aromatic heterocycles. The third kappa shape index (κ3) is 2.61. The van der Waals surface area contributed by atoms with Crippen molar-refractivity contribution in [3.63, 3.8) is 0 Å². The fraction of sp³-hybridized carbons (Fsp3) is 0.357. The molecule has 2 aromatic rings. The van der Waals surface area contributed by atoms with Gasteiger partial charge in [0.15, 0.2) is 23.7 Å². The maximum Gasteiger partial charge on any atom is 0.181 e. The van der Waals surface area contributed by atoms with Crippen LogP contribution in [0.3, 0.4) is 0 Å². The first-order chi connectivity index (χ1) is 9.28. The van der Waals surface area contributed by atoms with Crippen molar-refractivity contribution in [3.05, 3.63) is 36.1 Å². The Morgan fingerprint density at radius 1 is 1.47 bits per heavy atom.